The summed E-state index contributed by atoms with van der Waals surface area (Å²) in [5.74, 6) is 2.07. The van der Waals surface area contributed by atoms with E-state index in [2.05, 4.69) is 23.6 Å². The number of rotatable bonds is 4. The van der Waals surface area contributed by atoms with Gasteiger partial charge in [0.1, 0.15) is 0 Å². The van der Waals surface area contributed by atoms with Crippen LogP contribution in [0.1, 0.15) is 56.2 Å². The first-order valence-electron chi connectivity index (χ1n) is 7.11. The summed E-state index contributed by atoms with van der Waals surface area (Å²) in [6, 6.07) is 0. The van der Waals surface area contributed by atoms with Crippen molar-refractivity contribution in [2.45, 2.75) is 51.9 Å². The molecule has 3 nitrogen and oxygen atoms in total. The minimum atomic E-state index is -0.208. The van der Waals surface area contributed by atoms with Gasteiger partial charge >= 0.3 is 5.97 Å². The standard InChI is InChI=1S/C15H23NO2S/c1-10(2)11-4-6-12(7-5-11)15-16-13(9-19-15)8-14(17)18-3/h9-12H,4-8H2,1-3H3. The molecule has 1 aliphatic carbocycles. The molecule has 0 aliphatic heterocycles. The van der Waals surface area contributed by atoms with Crippen LogP contribution >= 0.6 is 11.3 Å². The summed E-state index contributed by atoms with van der Waals surface area (Å²) < 4.78 is 4.67. The van der Waals surface area contributed by atoms with Crippen LogP contribution in [-0.2, 0) is 16.0 Å². The SMILES string of the molecule is COC(=O)Cc1csc(C2CCC(C(C)C)CC2)n1. The van der Waals surface area contributed by atoms with Gasteiger partial charge in [-0.25, -0.2) is 4.98 Å². The van der Waals surface area contributed by atoms with E-state index in [1.807, 2.05) is 5.38 Å². The normalized spacial score (nSPS) is 23.6. The highest BCUT2D eigenvalue weighted by Crippen LogP contribution is 2.39. The molecule has 2 rings (SSSR count). The Bertz CT molecular complexity index is 420. The Hall–Kier alpha value is -0.900. The van der Waals surface area contributed by atoms with Crippen molar-refractivity contribution >= 4 is 17.3 Å². The predicted octanol–water partition coefficient (Wildman–Crippen LogP) is 3.79. The monoisotopic (exact) mass is 281 g/mol. The van der Waals surface area contributed by atoms with Gasteiger partial charge in [0.25, 0.3) is 0 Å². The molecule has 1 aliphatic rings. The first kappa shape index (κ1) is 14.5. The number of esters is 1. The van der Waals surface area contributed by atoms with Crippen LogP contribution < -0.4 is 0 Å². The number of hydrogen-bond acceptors (Lipinski definition) is 4. The summed E-state index contributed by atoms with van der Waals surface area (Å²) in [5.41, 5.74) is 0.859. The number of carbonyl (C=O) groups excluding carboxylic acids is 1. The van der Waals surface area contributed by atoms with E-state index in [0.717, 1.165) is 17.5 Å². The van der Waals surface area contributed by atoms with Crippen LogP contribution in [0.4, 0.5) is 0 Å². The number of nitrogens with zero attached hydrogens (tertiary/aromatic N) is 1. The fraction of sp³-hybridized carbons (Fsp3) is 0.733. The Morgan fingerprint density at radius 3 is 2.68 bits per heavy atom. The smallest absolute Gasteiger partial charge is 0.311 e. The summed E-state index contributed by atoms with van der Waals surface area (Å²) in [6.45, 7) is 4.64. The molecule has 0 saturated heterocycles. The van der Waals surface area contributed by atoms with Crippen molar-refractivity contribution in [2.24, 2.45) is 11.8 Å². The maximum atomic E-state index is 11.2. The van der Waals surface area contributed by atoms with Gasteiger partial charge in [-0.1, -0.05) is 13.8 Å². The van der Waals surface area contributed by atoms with E-state index in [-0.39, 0.29) is 5.97 Å². The molecule has 106 valence electrons. The van der Waals surface area contributed by atoms with Crippen molar-refractivity contribution in [3.05, 3.63) is 16.1 Å². The summed E-state index contributed by atoms with van der Waals surface area (Å²) in [5, 5.41) is 3.21. The molecule has 0 N–H and O–H groups in total. The molecule has 0 atom stereocenters. The van der Waals surface area contributed by atoms with Gasteiger partial charge in [-0.3, -0.25) is 4.79 Å². The molecular weight excluding hydrogens is 258 g/mol. The van der Waals surface area contributed by atoms with Crippen molar-refractivity contribution in [2.75, 3.05) is 7.11 Å². The Labute approximate surface area is 119 Å². The van der Waals surface area contributed by atoms with E-state index in [1.165, 1.54) is 37.8 Å². The number of ether oxygens (including phenoxy) is 1. The molecule has 1 fully saturated rings. The van der Waals surface area contributed by atoms with Gasteiger partial charge in [0.05, 0.1) is 24.2 Å². The first-order valence-corrected chi connectivity index (χ1v) is 7.99. The molecule has 1 heterocycles. The van der Waals surface area contributed by atoms with E-state index in [1.54, 1.807) is 11.3 Å². The summed E-state index contributed by atoms with van der Waals surface area (Å²) in [4.78, 5) is 15.8. The Morgan fingerprint density at radius 2 is 2.11 bits per heavy atom. The Kier molecular flexibility index (Phi) is 4.97. The Morgan fingerprint density at radius 1 is 1.42 bits per heavy atom. The second-order valence-corrected chi connectivity index (χ2v) is 6.68. The van der Waals surface area contributed by atoms with Gasteiger partial charge in [-0.15, -0.1) is 11.3 Å². The molecule has 0 amide bonds. The molecule has 4 heteroatoms. The zero-order chi connectivity index (χ0) is 13.8. The lowest BCUT2D eigenvalue weighted by molar-refractivity contribution is -0.139. The van der Waals surface area contributed by atoms with E-state index in [9.17, 15) is 4.79 Å². The van der Waals surface area contributed by atoms with Crippen LogP contribution in [-0.4, -0.2) is 18.1 Å². The quantitative estimate of drug-likeness (QED) is 0.788. The van der Waals surface area contributed by atoms with Crippen LogP contribution in [0.5, 0.6) is 0 Å². The number of thiazole rings is 1. The molecule has 0 unspecified atom stereocenters. The van der Waals surface area contributed by atoms with Crippen LogP contribution in [0.2, 0.25) is 0 Å². The molecule has 0 radical (unpaired) electrons. The highest BCUT2D eigenvalue weighted by Gasteiger charge is 2.26. The van der Waals surface area contributed by atoms with Gasteiger partial charge in [0, 0.05) is 11.3 Å². The van der Waals surface area contributed by atoms with Crippen molar-refractivity contribution < 1.29 is 9.53 Å². The third-order valence-electron chi connectivity index (χ3n) is 4.19. The molecular formula is C15H23NO2S. The fourth-order valence-electron chi connectivity index (χ4n) is 2.84. The lowest BCUT2D eigenvalue weighted by atomic mass is 9.77. The molecule has 19 heavy (non-hydrogen) atoms. The topological polar surface area (TPSA) is 39.2 Å². The van der Waals surface area contributed by atoms with Crippen molar-refractivity contribution in [1.29, 1.82) is 0 Å². The molecule has 0 spiro atoms. The third-order valence-corrected chi connectivity index (χ3v) is 5.24. The largest absolute Gasteiger partial charge is 0.469 e. The summed E-state index contributed by atoms with van der Waals surface area (Å²) in [6.07, 6.45) is 5.42. The number of aromatic nitrogens is 1. The number of carbonyl (C=O) groups is 1. The highest BCUT2D eigenvalue weighted by molar-refractivity contribution is 7.09. The van der Waals surface area contributed by atoms with Crippen LogP contribution in [0, 0.1) is 11.8 Å². The zero-order valence-electron chi connectivity index (χ0n) is 12.0. The Balaban J connectivity index is 1.91. The van der Waals surface area contributed by atoms with Gasteiger partial charge in [0.15, 0.2) is 0 Å². The summed E-state index contributed by atoms with van der Waals surface area (Å²) in [7, 11) is 1.42. The second-order valence-electron chi connectivity index (χ2n) is 5.79. The van der Waals surface area contributed by atoms with Gasteiger partial charge in [-0.2, -0.15) is 0 Å². The van der Waals surface area contributed by atoms with Crippen LogP contribution in [0.25, 0.3) is 0 Å². The van der Waals surface area contributed by atoms with E-state index in [4.69, 9.17) is 0 Å². The van der Waals surface area contributed by atoms with Crippen molar-refractivity contribution in [1.82, 2.24) is 4.98 Å². The maximum absolute atomic E-state index is 11.2. The summed E-state index contributed by atoms with van der Waals surface area (Å²) >= 11 is 1.70. The first-order chi connectivity index (χ1) is 9.10. The predicted molar refractivity (Wildman–Crippen MR) is 77.4 cm³/mol. The van der Waals surface area contributed by atoms with Crippen molar-refractivity contribution in [3.63, 3.8) is 0 Å². The minimum Gasteiger partial charge on any atom is -0.469 e. The average Bonchev–Trinajstić information content (AvgIpc) is 2.87. The average molecular weight is 281 g/mol. The van der Waals surface area contributed by atoms with Crippen molar-refractivity contribution in [3.8, 4) is 0 Å². The second kappa shape index (κ2) is 6.51. The third kappa shape index (κ3) is 3.78. The molecule has 1 saturated carbocycles. The van der Waals surface area contributed by atoms with Gasteiger partial charge in [-0.05, 0) is 37.5 Å². The van der Waals surface area contributed by atoms with E-state index >= 15 is 0 Å². The van der Waals surface area contributed by atoms with E-state index in [0.29, 0.717) is 12.3 Å². The fourth-order valence-corrected chi connectivity index (χ4v) is 3.84. The highest BCUT2D eigenvalue weighted by atomic mass is 32.1. The number of methoxy groups -OCH3 is 1. The minimum absolute atomic E-state index is 0.208. The van der Waals surface area contributed by atoms with E-state index < -0.39 is 0 Å². The molecule has 1 aromatic rings. The lowest BCUT2D eigenvalue weighted by Crippen LogP contribution is -2.17. The lowest BCUT2D eigenvalue weighted by Gasteiger charge is -2.29. The number of hydrogen-bond donors (Lipinski definition) is 0. The van der Waals surface area contributed by atoms with Crippen LogP contribution in [0.3, 0.4) is 0 Å². The van der Waals surface area contributed by atoms with Crippen LogP contribution in [0.15, 0.2) is 5.38 Å². The zero-order valence-corrected chi connectivity index (χ0v) is 12.8. The molecule has 0 bridgehead atoms. The van der Waals surface area contributed by atoms with Gasteiger partial charge in [0.2, 0.25) is 0 Å². The van der Waals surface area contributed by atoms with Gasteiger partial charge < -0.3 is 4.74 Å². The maximum Gasteiger partial charge on any atom is 0.311 e. The molecule has 1 aromatic heterocycles. The molecule has 0 aromatic carbocycles.